The van der Waals surface area contributed by atoms with Crippen molar-refractivity contribution in [3.63, 3.8) is 0 Å². The van der Waals surface area contributed by atoms with E-state index in [4.69, 9.17) is 21.1 Å². The van der Waals surface area contributed by atoms with Crippen LogP contribution in [0.15, 0.2) is 39.8 Å². The van der Waals surface area contributed by atoms with Crippen molar-refractivity contribution in [3.05, 3.63) is 55.5 Å². The average Bonchev–Trinajstić information content (AvgIpc) is 2.94. The van der Waals surface area contributed by atoms with Gasteiger partial charge in [-0.15, -0.1) is 0 Å². The molecule has 0 saturated heterocycles. The molecule has 0 bridgehead atoms. The number of aliphatic imine (C=N–C) groups is 1. The Hall–Kier alpha value is -2.12. The Morgan fingerprint density at radius 2 is 2.00 bits per heavy atom. The van der Waals surface area contributed by atoms with Crippen LogP contribution in [0.1, 0.15) is 5.56 Å². The van der Waals surface area contributed by atoms with Crippen LogP contribution in [0, 0.1) is 10.1 Å². The van der Waals surface area contributed by atoms with Gasteiger partial charge in [-0.2, -0.15) is 0 Å². The largest absolute Gasteiger partial charge is 0.454 e. The van der Waals surface area contributed by atoms with Crippen molar-refractivity contribution in [1.82, 2.24) is 0 Å². The third kappa shape index (κ3) is 2.90. The van der Waals surface area contributed by atoms with Crippen molar-refractivity contribution in [2.24, 2.45) is 4.99 Å². The van der Waals surface area contributed by atoms with Crippen molar-refractivity contribution in [1.29, 1.82) is 0 Å². The molecule has 1 heterocycles. The van der Waals surface area contributed by atoms with E-state index in [2.05, 4.69) is 20.9 Å². The van der Waals surface area contributed by atoms with E-state index >= 15 is 0 Å². The lowest BCUT2D eigenvalue weighted by molar-refractivity contribution is -0.385. The van der Waals surface area contributed by atoms with Gasteiger partial charge in [-0.25, -0.2) is 0 Å². The monoisotopic (exact) mass is 382 g/mol. The second-order valence-corrected chi connectivity index (χ2v) is 5.64. The Bertz CT molecular complexity index is 795. The second-order valence-electron chi connectivity index (χ2n) is 4.38. The minimum absolute atomic E-state index is 0.0510. The molecule has 3 rings (SSSR count). The fourth-order valence-corrected chi connectivity index (χ4v) is 2.34. The van der Waals surface area contributed by atoms with Crippen LogP contribution in [0.25, 0.3) is 0 Å². The van der Waals surface area contributed by atoms with Crippen LogP contribution in [0.4, 0.5) is 11.4 Å². The molecule has 0 amide bonds. The van der Waals surface area contributed by atoms with Crippen LogP contribution in [0.3, 0.4) is 0 Å². The van der Waals surface area contributed by atoms with Crippen molar-refractivity contribution in [2.45, 2.75) is 0 Å². The number of rotatable bonds is 3. The maximum atomic E-state index is 11.2. The second kappa shape index (κ2) is 5.94. The fraction of sp³-hybridized carbons (Fsp3) is 0.0714. The highest BCUT2D eigenvalue weighted by Gasteiger charge is 2.22. The van der Waals surface area contributed by atoms with E-state index in [0.29, 0.717) is 27.8 Å². The fourth-order valence-electron chi connectivity index (χ4n) is 1.92. The van der Waals surface area contributed by atoms with Gasteiger partial charge in [0.2, 0.25) is 6.79 Å². The summed E-state index contributed by atoms with van der Waals surface area (Å²) in [5.74, 6) is 0.816. The standard InChI is InChI=1S/C14H8BrClN2O4/c15-10-2-1-9(4-11(10)16)17-6-8-3-13-14(22-7-21-13)5-12(8)18(19)20/h1-6H,7H2. The third-order valence-corrected chi connectivity index (χ3v) is 4.21. The summed E-state index contributed by atoms with van der Waals surface area (Å²) >= 11 is 9.27. The first-order valence-corrected chi connectivity index (χ1v) is 7.29. The van der Waals surface area contributed by atoms with Gasteiger partial charge in [0.1, 0.15) is 0 Å². The molecule has 0 fully saturated rings. The third-order valence-electron chi connectivity index (χ3n) is 2.97. The van der Waals surface area contributed by atoms with E-state index in [1.165, 1.54) is 18.3 Å². The number of hydrogen-bond acceptors (Lipinski definition) is 5. The van der Waals surface area contributed by atoms with Gasteiger partial charge in [0, 0.05) is 10.7 Å². The topological polar surface area (TPSA) is 74.0 Å². The number of nitrogens with zero attached hydrogens (tertiary/aromatic N) is 2. The molecule has 6 nitrogen and oxygen atoms in total. The minimum atomic E-state index is -0.488. The van der Waals surface area contributed by atoms with Crippen LogP contribution in [0.5, 0.6) is 11.5 Å². The number of fused-ring (bicyclic) bond motifs is 1. The molecule has 0 radical (unpaired) electrons. The molecule has 22 heavy (non-hydrogen) atoms. The summed E-state index contributed by atoms with van der Waals surface area (Å²) < 4.78 is 11.1. The van der Waals surface area contributed by atoms with Crippen molar-refractivity contribution < 1.29 is 14.4 Å². The molecule has 112 valence electrons. The quantitative estimate of drug-likeness (QED) is 0.445. The Morgan fingerprint density at radius 1 is 1.27 bits per heavy atom. The zero-order valence-electron chi connectivity index (χ0n) is 11.0. The van der Waals surface area contributed by atoms with Gasteiger partial charge in [-0.05, 0) is 40.2 Å². The van der Waals surface area contributed by atoms with Gasteiger partial charge in [-0.1, -0.05) is 11.6 Å². The van der Waals surface area contributed by atoms with E-state index in [1.807, 2.05) is 0 Å². The van der Waals surface area contributed by atoms with E-state index in [1.54, 1.807) is 18.2 Å². The summed E-state index contributed by atoms with van der Waals surface area (Å²) in [7, 11) is 0. The molecule has 0 aromatic heterocycles. The highest BCUT2D eigenvalue weighted by Crippen LogP contribution is 2.37. The molecule has 0 unspecified atom stereocenters. The summed E-state index contributed by atoms with van der Waals surface area (Å²) in [6.07, 6.45) is 1.40. The molecule has 0 aliphatic carbocycles. The lowest BCUT2D eigenvalue weighted by Gasteiger charge is -2.01. The molecule has 0 saturated carbocycles. The number of halogens is 2. The molecule has 0 atom stereocenters. The number of benzene rings is 2. The number of ether oxygens (including phenoxy) is 2. The normalized spacial score (nSPS) is 12.8. The molecule has 8 heteroatoms. The lowest BCUT2D eigenvalue weighted by Crippen LogP contribution is -1.94. The summed E-state index contributed by atoms with van der Waals surface area (Å²) in [5.41, 5.74) is 0.810. The summed E-state index contributed by atoms with van der Waals surface area (Å²) in [5, 5.41) is 11.7. The Labute approximate surface area is 138 Å². The first kappa shape index (κ1) is 14.8. The van der Waals surface area contributed by atoms with E-state index in [-0.39, 0.29) is 12.5 Å². The molecular formula is C14H8BrClN2O4. The predicted octanol–water partition coefficient (Wildman–Crippen LogP) is 4.49. The highest BCUT2D eigenvalue weighted by atomic mass is 79.9. The van der Waals surface area contributed by atoms with Crippen LogP contribution >= 0.6 is 27.5 Å². The SMILES string of the molecule is O=[N+]([O-])c1cc2c(cc1C=Nc1ccc(Br)c(Cl)c1)OCO2. The predicted molar refractivity (Wildman–Crippen MR) is 85.6 cm³/mol. The Kier molecular flexibility index (Phi) is 4.00. The molecule has 0 N–H and O–H groups in total. The smallest absolute Gasteiger partial charge is 0.282 e. The Morgan fingerprint density at radius 3 is 2.68 bits per heavy atom. The molecule has 1 aliphatic heterocycles. The maximum absolute atomic E-state index is 11.2. The molecular weight excluding hydrogens is 376 g/mol. The van der Waals surface area contributed by atoms with Gasteiger partial charge < -0.3 is 9.47 Å². The minimum Gasteiger partial charge on any atom is -0.454 e. The Balaban J connectivity index is 1.98. The van der Waals surface area contributed by atoms with E-state index < -0.39 is 4.92 Å². The van der Waals surface area contributed by atoms with Gasteiger partial charge in [0.15, 0.2) is 11.5 Å². The number of nitro benzene ring substituents is 1. The van der Waals surface area contributed by atoms with Gasteiger partial charge in [-0.3, -0.25) is 15.1 Å². The van der Waals surface area contributed by atoms with Crippen LogP contribution in [-0.2, 0) is 0 Å². The molecule has 0 spiro atoms. The van der Waals surface area contributed by atoms with Gasteiger partial charge in [0.05, 0.1) is 27.3 Å². The average molecular weight is 384 g/mol. The van der Waals surface area contributed by atoms with Crippen LogP contribution < -0.4 is 9.47 Å². The zero-order chi connectivity index (χ0) is 15.7. The molecule has 2 aromatic rings. The zero-order valence-corrected chi connectivity index (χ0v) is 13.3. The lowest BCUT2D eigenvalue weighted by atomic mass is 10.1. The van der Waals surface area contributed by atoms with Crippen LogP contribution in [0.2, 0.25) is 5.02 Å². The van der Waals surface area contributed by atoms with Crippen molar-refractivity contribution >= 4 is 45.1 Å². The van der Waals surface area contributed by atoms with Gasteiger partial charge in [0.25, 0.3) is 5.69 Å². The summed E-state index contributed by atoms with van der Waals surface area (Å²) in [6, 6.07) is 8.01. The summed E-state index contributed by atoms with van der Waals surface area (Å²) in [4.78, 5) is 14.9. The first-order chi connectivity index (χ1) is 10.5. The van der Waals surface area contributed by atoms with E-state index in [9.17, 15) is 10.1 Å². The highest BCUT2D eigenvalue weighted by molar-refractivity contribution is 9.10. The summed E-state index contributed by atoms with van der Waals surface area (Å²) in [6.45, 7) is 0.0510. The molecule has 1 aliphatic rings. The molecule has 2 aromatic carbocycles. The number of nitro groups is 1. The van der Waals surface area contributed by atoms with E-state index in [0.717, 1.165) is 4.47 Å². The van der Waals surface area contributed by atoms with Crippen molar-refractivity contribution in [3.8, 4) is 11.5 Å². The van der Waals surface area contributed by atoms with Crippen LogP contribution in [-0.4, -0.2) is 17.9 Å². The maximum Gasteiger partial charge on any atom is 0.282 e. The van der Waals surface area contributed by atoms with Crippen molar-refractivity contribution in [2.75, 3.05) is 6.79 Å². The first-order valence-electron chi connectivity index (χ1n) is 6.12. The van der Waals surface area contributed by atoms with Gasteiger partial charge >= 0.3 is 0 Å². The number of hydrogen-bond donors (Lipinski definition) is 0.